The van der Waals surface area contributed by atoms with Crippen LogP contribution in [-0.2, 0) is 11.3 Å². The second kappa shape index (κ2) is 5.88. The molecule has 3 rings (SSSR count). The predicted octanol–water partition coefficient (Wildman–Crippen LogP) is 0.952. The Labute approximate surface area is 120 Å². The minimum Gasteiger partial charge on any atom is -0.506 e. The standard InChI is InChI=1S/C13H14N4O4/c18-8-3-4-9(14-6-8)12(19)15-7-11-16-13(21-17-11)10-2-1-5-20-10/h3-4,6,10,18H,1-2,5,7H2,(H,15,19)/t10-/m0/s1. The average Bonchev–Trinajstić information content (AvgIpc) is 3.16. The van der Waals surface area contributed by atoms with Gasteiger partial charge in [-0.05, 0) is 25.0 Å². The molecule has 1 aliphatic rings. The van der Waals surface area contributed by atoms with E-state index in [0.717, 1.165) is 12.8 Å². The summed E-state index contributed by atoms with van der Waals surface area (Å²) < 4.78 is 10.6. The average molecular weight is 290 g/mol. The highest BCUT2D eigenvalue weighted by molar-refractivity contribution is 5.92. The fraction of sp³-hybridized carbons (Fsp3) is 0.385. The molecule has 0 aromatic carbocycles. The van der Waals surface area contributed by atoms with Gasteiger partial charge < -0.3 is 19.7 Å². The van der Waals surface area contributed by atoms with Crippen LogP contribution in [0.2, 0.25) is 0 Å². The summed E-state index contributed by atoms with van der Waals surface area (Å²) in [6, 6.07) is 2.82. The third-order valence-electron chi connectivity index (χ3n) is 3.08. The molecule has 1 amide bonds. The van der Waals surface area contributed by atoms with Crippen LogP contribution in [0.4, 0.5) is 0 Å². The number of aromatic nitrogens is 3. The summed E-state index contributed by atoms with van der Waals surface area (Å²) >= 11 is 0. The van der Waals surface area contributed by atoms with Crippen LogP contribution in [0.1, 0.15) is 41.1 Å². The number of hydrogen-bond donors (Lipinski definition) is 2. The number of nitrogens with zero attached hydrogens (tertiary/aromatic N) is 3. The molecule has 2 aromatic rings. The minimum atomic E-state index is -0.376. The Kier molecular flexibility index (Phi) is 3.78. The van der Waals surface area contributed by atoms with Gasteiger partial charge in [0.05, 0.1) is 12.7 Å². The Morgan fingerprint density at radius 1 is 1.48 bits per heavy atom. The van der Waals surface area contributed by atoms with Gasteiger partial charge >= 0.3 is 0 Å². The largest absolute Gasteiger partial charge is 0.506 e. The summed E-state index contributed by atoms with van der Waals surface area (Å²) in [4.78, 5) is 19.8. The molecule has 0 unspecified atom stereocenters. The first-order valence-electron chi connectivity index (χ1n) is 6.59. The van der Waals surface area contributed by atoms with E-state index in [1.54, 1.807) is 0 Å². The second-order valence-corrected chi connectivity index (χ2v) is 4.63. The molecular weight excluding hydrogens is 276 g/mol. The first kappa shape index (κ1) is 13.5. The molecule has 1 fully saturated rings. The Balaban J connectivity index is 1.57. The zero-order valence-corrected chi connectivity index (χ0v) is 11.2. The van der Waals surface area contributed by atoms with Gasteiger partial charge in [-0.1, -0.05) is 5.16 Å². The van der Waals surface area contributed by atoms with Gasteiger partial charge in [-0.3, -0.25) is 4.79 Å². The lowest BCUT2D eigenvalue weighted by molar-refractivity contribution is 0.0835. The zero-order chi connectivity index (χ0) is 14.7. The molecule has 110 valence electrons. The van der Waals surface area contributed by atoms with E-state index in [4.69, 9.17) is 14.4 Å². The summed E-state index contributed by atoms with van der Waals surface area (Å²) in [5.41, 5.74) is 0.204. The first-order valence-corrected chi connectivity index (χ1v) is 6.59. The van der Waals surface area contributed by atoms with E-state index in [1.165, 1.54) is 18.3 Å². The third kappa shape index (κ3) is 3.16. The van der Waals surface area contributed by atoms with Crippen molar-refractivity contribution in [2.45, 2.75) is 25.5 Å². The number of aromatic hydroxyl groups is 1. The minimum absolute atomic E-state index is 0.00548. The summed E-state index contributed by atoms with van der Waals surface area (Å²) in [7, 11) is 0. The number of hydrogen-bond acceptors (Lipinski definition) is 7. The molecule has 1 atom stereocenters. The maximum absolute atomic E-state index is 11.8. The van der Waals surface area contributed by atoms with Crippen LogP contribution in [0.5, 0.6) is 5.75 Å². The maximum atomic E-state index is 11.8. The maximum Gasteiger partial charge on any atom is 0.270 e. The van der Waals surface area contributed by atoms with E-state index < -0.39 is 0 Å². The molecular formula is C13H14N4O4. The number of carbonyl (C=O) groups is 1. The first-order chi connectivity index (χ1) is 10.2. The molecule has 0 saturated carbocycles. The van der Waals surface area contributed by atoms with Gasteiger partial charge in [-0.25, -0.2) is 4.98 Å². The molecule has 3 heterocycles. The SMILES string of the molecule is O=C(NCc1noc([C@@H]2CCCO2)n1)c1ccc(O)cn1. The molecule has 0 spiro atoms. The summed E-state index contributed by atoms with van der Waals surface area (Å²) in [6.45, 7) is 0.837. The highest BCUT2D eigenvalue weighted by Gasteiger charge is 2.23. The van der Waals surface area contributed by atoms with Gasteiger partial charge in [0.1, 0.15) is 17.5 Å². The molecule has 2 aromatic heterocycles. The molecule has 8 nitrogen and oxygen atoms in total. The van der Waals surface area contributed by atoms with Crippen molar-refractivity contribution >= 4 is 5.91 Å². The second-order valence-electron chi connectivity index (χ2n) is 4.63. The normalized spacial score (nSPS) is 17.8. The van der Waals surface area contributed by atoms with Crippen molar-refractivity contribution in [2.75, 3.05) is 6.61 Å². The van der Waals surface area contributed by atoms with Gasteiger partial charge in [0.2, 0.25) is 0 Å². The van der Waals surface area contributed by atoms with E-state index >= 15 is 0 Å². The van der Waals surface area contributed by atoms with E-state index in [0.29, 0.717) is 18.3 Å². The van der Waals surface area contributed by atoms with Crippen molar-refractivity contribution in [3.05, 3.63) is 35.7 Å². The summed E-state index contributed by atoms with van der Waals surface area (Å²) in [6.07, 6.45) is 2.91. The van der Waals surface area contributed by atoms with Crippen LogP contribution < -0.4 is 5.32 Å². The van der Waals surface area contributed by atoms with Crippen molar-refractivity contribution in [1.29, 1.82) is 0 Å². The number of ether oxygens (including phenoxy) is 1. The molecule has 1 saturated heterocycles. The molecule has 1 aliphatic heterocycles. The fourth-order valence-electron chi connectivity index (χ4n) is 2.01. The fourth-order valence-corrected chi connectivity index (χ4v) is 2.01. The van der Waals surface area contributed by atoms with Gasteiger partial charge in [0, 0.05) is 6.61 Å². The van der Waals surface area contributed by atoms with Gasteiger partial charge in [0.25, 0.3) is 11.8 Å². The molecule has 2 N–H and O–H groups in total. The molecule has 0 bridgehead atoms. The lowest BCUT2D eigenvalue weighted by Gasteiger charge is -2.02. The van der Waals surface area contributed by atoms with E-state index in [1.807, 2.05) is 0 Å². The van der Waals surface area contributed by atoms with Gasteiger partial charge in [-0.15, -0.1) is 0 Å². The van der Waals surface area contributed by atoms with Gasteiger partial charge in [-0.2, -0.15) is 4.98 Å². The number of rotatable bonds is 4. The number of nitrogens with one attached hydrogen (secondary N) is 1. The third-order valence-corrected chi connectivity index (χ3v) is 3.08. The van der Waals surface area contributed by atoms with Crippen molar-refractivity contribution in [3.63, 3.8) is 0 Å². The Morgan fingerprint density at radius 2 is 2.38 bits per heavy atom. The number of pyridine rings is 1. The summed E-state index contributed by atoms with van der Waals surface area (Å²) in [5, 5.41) is 15.5. The number of carbonyl (C=O) groups excluding carboxylic acids is 1. The van der Waals surface area contributed by atoms with E-state index in [9.17, 15) is 4.79 Å². The molecule has 21 heavy (non-hydrogen) atoms. The number of amides is 1. The molecule has 0 aliphatic carbocycles. The van der Waals surface area contributed by atoms with Crippen molar-refractivity contribution in [3.8, 4) is 5.75 Å². The predicted molar refractivity (Wildman–Crippen MR) is 69.3 cm³/mol. The lowest BCUT2D eigenvalue weighted by atomic mass is 10.2. The van der Waals surface area contributed by atoms with Crippen LogP contribution in [0.15, 0.2) is 22.9 Å². The lowest BCUT2D eigenvalue weighted by Crippen LogP contribution is -2.24. The highest BCUT2D eigenvalue weighted by atomic mass is 16.5. The Bertz CT molecular complexity index is 619. The smallest absolute Gasteiger partial charge is 0.270 e. The van der Waals surface area contributed by atoms with E-state index in [-0.39, 0.29) is 30.0 Å². The zero-order valence-electron chi connectivity index (χ0n) is 11.2. The summed E-state index contributed by atoms with van der Waals surface area (Å²) in [5.74, 6) is 0.455. The quantitative estimate of drug-likeness (QED) is 0.862. The highest BCUT2D eigenvalue weighted by Crippen LogP contribution is 2.26. The van der Waals surface area contributed by atoms with Gasteiger partial charge in [0.15, 0.2) is 5.82 Å². The van der Waals surface area contributed by atoms with Crippen molar-refractivity contribution < 1.29 is 19.2 Å². The van der Waals surface area contributed by atoms with Crippen LogP contribution in [0, 0.1) is 0 Å². The van der Waals surface area contributed by atoms with Crippen LogP contribution in [0.25, 0.3) is 0 Å². The monoisotopic (exact) mass is 290 g/mol. The van der Waals surface area contributed by atoms with E-state index in [2.05, 4.69) is 20.4 Å². The molecule has 8 heteroatoms. The van der Waals surface area contributed by atoms with Crippen LogP contribution >= 0.6 is 0 Å². The van der Waals surface area contributed by atoms with Crippen molar-refractivity contribution in [1.82, 2.24) is 20.4 Å². The molecule has 0 radical (unpaired) electrons. The Morgan fingerprint density at radius 3 is 3.10 bits per heavy atom. The topological polar surface area (TPSA) is 110 Å². The van der Waals surface area contributed by atoms with Crippen molar-refractivity contribution in [2.24, 2.45) is 0 Å². The van der Waals surface area contributed by atoms with Crippen LogP contribution in [-0.4, -0.2) is 32.7 Å². The Hall–Kier alpha value is -2.48. The van der Waals surface area contributed by atoms with Crippen LogP contribution in [0.3, 0.4) is 0 Å².